The maximum Gasteiger partial charge on any atom is 0.407 e. The quantitative estimate of drug-likeness (QED) is 0.729. The fraction of sp³-hybridized carbons (Fsp3) is 0.667. The number of ether oxygens (including phenoxy) is 2. The molecule has 0 aromatic carbocycles. The summed E-state index contributed by atoms with van der Waals surface area (Å²) in [5, 5.41) is 2.70. The van der Waals surface area contributed by atoms with Crippen LogP contribution in [0, 0.1) is 11.3 Å². The van der Waals surface area contributed by atoms with E-state index in [-0.39, 0.29) is 23.2 Å². The van der Waals surface area contributed by atoms with Gasteiger partial charge in [-0.25, -0.2) is 9.78 Å². The number of halogens is 2. The lowest BCUT2D eigenvalue weighted by Crippen LogP contribution is -2.59. The predicted octanol–water partition coefficient (Wildman–Crippen LogP) is 3.13. The van der Waals surface area contributed by atoms with Crippen molar-refractivity contribution >= 4 is 12.0 Å². The van der Waals surface area contributed by atoms with Crippen LogP contribution in [-0.4, -0.2) is 54.2 Å². The molecule has 1 aromatic heterocycles. The lowest BCUT2D eigenvalue weighted by molar-refractivity contribution is -0.146. The second-order valence-corrected chi connectivity index (χ2v) is 8.76. The van der Waals surface area contributed by atoms with Crippen LogP contribution in [0.3, 0.4) is 0 Å². The fourth-order valence-electron chi connectivity index (χ4n) is 4.81. The molecule has 1 spiro atoms. The number of hydrogen-bond donors (Lipinski definition) is 1. The van der Waals surface area contributed by atoms with Gasteiger partial charge in [0.05, 0.1) is 6.04 Å². The van der Waals surface area contributed by atoms with Crippen molar-refractivity contribution in [3.05, 3.63) is 23.9 Å². The Kier molecular flexibility index (Phi) is 6.06. The number of hydrogen-bond acceptors (Lipinski definition) is 5. The number of cyclic esters (lactones) is 1. The molecular formula is C21H27F2N3O4. The van der Waals surface area contributed by atoms with Gasteiger partial charge in [-0.3, -0.25) is 4.79 Å². The number of alkyl carbamates (subject to hydrolysis) is 1. The highest BCUT2D eigenvalue weighted by Crippen LogP contribution is 2.46. The molecule has 1 aliphatic carbocycles. The van der Waals surface area contributed by atoms with Gasteiger partial charge in [-0.05, 0) is 50.0 Å². The Bertz CT molecular complexity index is 758. The lowest BCUT2D eigenvalue weighted by Gasteiger charge is -2.53. The van der Waals surface area contributed by atoms with Gasteiger partial charge in [0.15, 0.2) is 0 Å². The molecule has 0 unspecified atom stereocenters. The molecule has 2 aliphatic heterocycles. The highest BCUT2D eigenvalue weighted by molar-refractivity contribution is 5.77. The van der Waals surface area contributed by atoms with E-state index < -0.39 is 12.7 Å². The van der Waals surface area contributed by atoms with Gasteiger partial charge in [0.1, 0.15) is 6.61 Å². The first-order valence-electron chi connectivity index (χ1n) is 10.5. The van der Waals surface area contributed by atoms with Crippen LogP contribution in [0.5, 0.6) is 5.88 Å². The maximum atomic E-state index is 12.4. The third-order valence-electron chi connectivity index (χ3n) is 6.55. The molecule has 3 aliphatic rings. The van der Waals surface area contributed by atoms with E-state index in [0.717, 1.165) is 50.8 Å². The SMILES string of the molecule is O=C1N[C@H](CCC(=O)N2CC3(CCC(Cc4ccc(OC(F)F)nc4)CC3)C2)CO1. The molecule has 1 atom stereocenters. The van der Waals surface area contributed by atoms with Gasteiger partial charge in [0.2, 0.25) is 11.8 Å². The van der Waals surface area contributed by atoms with Crippen molar-refractivity contribution in [1.29, 1.82) is 0 Å². The highest BCUT2D eigenvalue weighted by Gasteiger charge is 2.46. The minimum absolute atomic E-state index is 0.0570. The molecule has 2 amide bonds. The number of alkyl halides is 2. The summed E-state index contributed by atoms with van der Waals surface area (Å²) in [7, 11) is 0. The Labute approximate surface area is 174 Å². The third-order valence-corrected chi connectivity index (χ3v) is 6.55. The molecule has 2 saturated heterocycles. The van der Waals surface area contributed by atoms with E-state index in [1.54, 1.807) is 12.3 Å². The molecule has 3 heterocycles. The summed E-state index contributed by atoms with van der Waals surface area (Å²) in [6, 6.07) is 3.23. The van der Waals surface area contributed by atoms with Gasteiger partial charge in [0, 0.05) is 37.2 Å². The van der Waals surface area contributed by atoms with Gasteiger partial charge in [-0.1, -0.05) is 6.07 Å². The number of carbonyl (C=O) groups is 2. The molecular weight excluding hydrogens is 396 g/mol. The molecule has 0 radical (unpaired) electrons. The Balaban J connectivity index is 1.16. The van der Waals surface area contributed by atoms with Crippen molar-refractivity contribution in [3.8, 4) is 5.88 Å². The number of rotatable bonds is 7. The number of nitrogens with one attached hydrogen (secondary N) is 1. The molecule has 3 fully saturated rings. The Morgan fingerprint density at radius 1 is 1.33 bits per heavy atom. The standard InChI is InChI=1S/C21H27F2N3O4/c22-19(23)30-17-3-1-15(10-24-17)9-14-5-7-21(8-6-14)12-26(13-21)18(27)4-2-16-11-29-20(28)25-16/h1,3,10,14,16,19H,2,4-9,11-13H2,(H,25,28)/t16-/m1/s1. The first kappa shape index (κ1) is 20.8. The molecule has 9 heteroatoms. The largest absolute Gasteiger partial charge is 0.447 e. The second-order valence-electron chi connectivity index (χ2n) is 8.76. The smallest absolute Gasteiger partial charge is 0.407 e. The topological polar surface area (TPSA) is 80.8 Å². The predicted molar refractivity (Wildman–Crippen MR) is 103 cm³/mol. The van der Waals surface area contributed by atoms with Crippen LogP contribution in [0.2, 0.25) is 0 Å². The second kappa shape index (κ2) is 8.73. The summed E-state index contributed by atoms with van der Waals surface area (Å²) in [5.74, 6) is 0.648. The zero-order valence-corrected chi connectivity index (χ0v) is 16.8. The Hall–Kier alpha value is -2.45. The lowest BCUT2D eigenvalue weighted by atomic mass is 9.65. The number of aromatic nitrogens is 1. The zero-order valence-electron chi connectivity index (χ0n) is 16.8. The molecule has 4 rings (SSSR count). The number of pyridine rings is 1. The summed E-state index contributed by atoms with van der Waals surface area (Å²) in [4.78, 5) is 29.3. The molecule has 1 aromatic rings. The van der Waals surface area contributed by atoms with E-state index in [2.05, 4.69) is 15.0 Å². The monoisotopic (exact) mass is 423 g/mol. The summed E-state index contributed by atoms with van der Waals surface area (Å²) in [6.07, 6.45) is 7.56. The van der Waals surface area contributed by atoms with Crippen LogP contribution in [-0.2, 0) is 16.0 Å². The zero-order chi connectivity index (χ0) is 21.1. The number of carbonyl (C=O) groups excluding carboxylic acids is 2. The Morgan fingerprint density at radius 2 is 2.10 bits per heavy atom. The average Bonchev–Trinajstić information content (AvgIpc) is 3.11. The van der Waals surface area contributed by atoms with Crippen molar-refractivity contribution in [3.63, 3.8) is 0 Å². The maximum absolute atomic E-state index is 12.4. The average molecular weight is 423 g/mol. The van der Waals surface area contributed by atoms with Crippen LogP contribution in [0.15, 0.2) is 18.3 Å². The number of likely N-dealkylation sites (tertiary alicyclic amines) is 1. The van der Waals surface area contributed by atoms with Gasteiger partial charge in [-0.15, -0.1) is 0 Å². The van der Waals surface area contributed by atoms with Gasteiger partial charge in [0.25, 0.3) is 0 Å². The van der Waals surface area contributed by atoms with E-state index in [9.17, 15) is 18.4 Å². The van der Waals surface area contributed by atoms with Crippen LogP contribution in [0.4, 0.5) is 13.6 Å². The normalized spacial score (nSPS) is 23.2. The van der Waals surface area contributed by atoms with Crippen molar-refractivity contribution in [1.82, 2.24) is 15.2 Å². The van der Waals surface area contributed by atoms with E-state index in [1.165, 1.54) is 6.07 Å². The first-order valence-corrected chi connectivity index (χ1v) is 10.5. The van der Waals surface area contributed by atoms with Crippen LogP contribution < -0.4 is 10.1 Å². The molecule has 7 nitrogen and oxygen atoms in total. The molecule has 164 valence electrons. The third kappa shape index (κ3) is 4.99. The van der Waals surface area contributed by atoms with Crippen molar-refractivity contribution in [2.75, 3.05) is 19.7 Å². The number of nitrogens with zero attached hydrogens (tertiary/aromatic N) is 2. The van der Waals surface area contributed by atoms with E-state index in [1.807, 2.05) is 4.90 Å². The van der Waals surface area contributed by atoms with Crippen LogP contribution >= 0.6 is 0 Å². The van der Waals surface area contributed by atoms with Crippen molar-refractivity contribution < 1.29 is 27.8 Å². The van der Waals surface area contributed by atoms with Crippen LogP contribution in [0.25, 0.3) is 0 Å². The minimum atomic E-state index is -2.86. The van der Waals surface area contributed by atoms with E-state index in [4.69, 9.17) is 4.74 Å². The van der Waals surface area contributed by atoms with Gasteiger partial charge >= 0.3 is 12.7 Å². The molecule has 1 saturated carbocycles. The highest BCUT2D eigenvalue weighted by atomic mass is 19.3. The summed E-state index contributed by atoms with van der Waals surface area (Å²) in [6.45, 7) is -0.861. The summed E-state index contributed by atoms with van der Waals surface area (Å²) >= 11 is 0. The van der Waals surface area contributed by atoms with Gasteiger partial charge < -0.3 is 19.7 Å². The summed E-state index contributed by atoms with van der Waals surface area (Å²) in [5.41, 5.74) is 1.29. The van der Waals surface area contributed by atoms with E-state index in [0.29, 0.717) is 25.4 Å². The first-order chi connectivity index (χ1) is 14.4. The Morgan fingerprint density at radius 3 is 2.70 bits per heavy atom. The summed E-state index contributed by atoms with van der Waals surface area (Å²) < 4.78 is 33.5. The van der Waals surface area contributed by atoms with E-state index >= 15 is 0 Å². The molecule has 0 bridgehead atoms. The van der Waals surface area contributed by atoms with Crippen molar-refractivity contribution in [2.45, 2.75) is 57.6 Å². The van der Waals surface area contributed by atoms with Crippen molar-refractivity contribution in [2.24, 2.45) is 11.3 Å². The van der Waals surface area contributed by atoms with Crippen LogP contribution in [0.1, 0.15) is 44.1 Å². The molecule has 1 N–H and O–H groups in total. The number of amides is 2. The fourth-order valence-corrected chi connectivity index (χ4v) is 4.81. The van der Waals surface area contributed by atoms with Gasteiger partial charge in [-0.2, -0.15) is 8.78 Å². The minimum Gasteiger partial charge on any atom is -0.447 e. The molecule has 30 heavy (non-hydrogen) atoms.